The van der Waals surface area contributed by atoms with E-state index >= 15 is 0 Å². The monoisotopic (exact) mass is 501 g/mol. The third-order valence-electron chi connectivity index (χ3n) is 7.11. The number of Topliss-reactive ketones (excluding diaryl/α,β-unsaturated/α-hetero) is 1. The second kappa shape index (κ2) is 7.57. The number of hydrogen-bond acceptors (Lipinski definition) is 6. The van der Waals surface area contributed by atoms with Crippen LogP contribution in [0.1, 0.15) is 29.2 Å². The summed E-state index contributed by atoms with van der Waals surface area (Å²) in [5.74, 6) is 0.123. The van der Waals surface area contributed by atoms with Crippen molar-refractivity contribution in [2.75, 3.05) is 20.7 Å². The number of hydrogen-bond donors (Lipinski definition) is 2. The molecule has 162 valence electrons. The molecular weight excluding hydrogens is 478 g/mol. The molecule has 4 atom stereocenters. The summed E-state index contributed by atoms with van der Waals surface area (Å²) in [4.78, 5) is 16.4. The fourth-order valence-corrected chi connectivity index (χ4v) is 7.39. The number of ketones is 1. The maximum absolute atomic E-state index is 12.9. The van der Waals surface area contributed by atoms with E-state index < -0.39 is 5.41 Å². The predicted octanol–water partition coefficient (Wildman–Crippen LogP) is 4.77. The third-order valence-corrected chi connectivity index (χ3v) is 8.97. The topological polar surface area (TPSA) is 70.0 Å². The summed E-state index contributed by atoms with van der Waals surface area (Å²) in [6, 6.07) is 11.8. The van der Waals surface area contributed by atoms with Crippen molar-refractivity contribution in [1.82, 2.24) is 4.90 Å². The largest absolute Gasteiger partial charge is 0.504 e. The van der Waals surface area contributed by atoms with Crippen LogP contribution in [0.25, 0.3) is 0 Å². The number of halogens is 1. The number of methoxy groups -OCH3 is 1. The van der Waals surface area contributed by atoms with E-state index in [2.05, 4.69) is 40.0 Å². The lowest BCUT2D eigenvalue weighted by molar-refractivity contribution is -0.122. The molecule has 1 fully saturated rings. The molecule has 2 aromatic carbocycles. The van der Waals surface area contributed by atoms with Crippen LogP contribution >= 0.6 is 27.7 Å². The van der Waals surface area contributed by atoms with Crippen molar-refractivity contribution in [2.24, 2.45) is 5.92 Å². The molecule has 0 radical (unpaired) electrons. The van der Waals surface area contributed by atoms with Crippen molar-refractivity contribution < 1.29 is 19.7 Å². The molecule has 5 nitrogen and oxygen atoms in total. The van der Waals surface area contributed by atoms with Crippen LogP contribution in [0.5, 0.6) is 11.5 Å². The molecule has 7 heteroatoms. The molecule has 2 aliphatic carbocycles. The number of phenols is 2. The number of ether oxygens (including phenoxy) is 1. The number of aromatic hydroxyl groups is 2. The van der Waals surface area contributed by atoms with E-state index in [9.17, 15) is 15.0 Å². The number of carbonyl (C=O) groups is 1. The Hall–Kier alpha value is -1.96. The molecule has 1 saturated heterocycles. The molecule has 2 aromatic rings. The number of nitrogens with zero attached hydrogens (tertiary/aromatic N) is 1. The standard InChI is InChI=1S/C24H24BrNO4S/c1-26-10-9-24-12-18(28)19(30-2)11-16(24)21(26)23(31-14-5-3-13(25)4-6-14)15-7-8-17(27)22(29)20(15)24/h3-8,11,16,21,23,27,29H,9-10,12H2,1-2H3/t16-,21-,23-,24-/m1/s1. The molecule has 3 aliphatic rings. The molecule has 0 unspecified atom stereocenters. The highest BCUT2D eigenvalue weighted by Crippen LogP contribution is 2.63. The van der Waals surface area contributed by atoms with Crippen molar-refractivity contribution >= 4 is 33.5 Å². The van der Waals surface area contributed by atoms with Gasteiger partial charge in [-0.2, -0.15) is 0 Å². The Morgan fingerprint density at radius 1 is 1.19 bits per heavy atom. The molecule has 0 aromatic heterocycles. The molecule has 0 saturated carbocycles. The zero-order chi connectivity index (χ0) is 21.9. The minimum atomic E-state index is -0.536. The van der Waals surface area contributed by atoms with Gasteiger partial charge < -0.3 is 19.8 Å². The Labute approximate surface area is 194 Å². The van der Waals surface area contributed by atoms with Crippen molar-refractivity contribution in [3.8, 4) is 11.5 Å². The Morgan fingerprint density at radius 3 is 2.65 bits per heavy atom. The minimum absolute atomic E-state index is 0.00736. The molecule has 1 heterocycles. The van der Waals surface area contributed by atoms with Gasteiger partial charge in [-0.3, -0.25) is 4.79 Å². The number of phenolic OH excluding ortho intramolecular Hbond substituents is 2. The first kappa shape index (κ1) is 20.9. The van der Waals surface area contributed by atoms with Crippen molar-refractivity contribution in [3.05, 3.63) is 63.8 Å². The summed E-state index contributed by atoms with van der Waals surface area (Å²) >= 11 is 5.25. The van der Waals surface area contributed by atoms with E-state index in [-0.39, 0.29) is 40.9 Å². The van der Waals surface area contributed by atoms with E-state index in [1.165, 1.54) is 7.11 Å². The Morgan fingerprint density at radius 2 is 1.94 bits per heavy atom. The molecular formula is C24H24BrNO4S. The number of fused-ring (bicyclic) bond motifs is 1. The van der Waals surface area contributed by atoms with Crippen LogP contribution in [0.3, 0.4) is 0 Å². The number of thioether (sulfide) groups is 1. The van der Waals surface area contributed by atoms with Gasteiger partial charge in [-0.25, -0.2) is 0 Å². The maximum atomic E-state index is 12.9. The second-order valence-electron chi connectivity index (χ2n) is 8.63. The van der Waals surface area contributed by atoms with Gasteiger partial charge >= 0.3 is 0 Å². The summed E-state index contributed by atoms with van der Waals surface area (Å²) < 4.78 is 6.45. The first-order valence-corrected chi connectivity index (χ1v) is 12.0. The van der Waals surface area contributed by atoms with Crippen LogP contribution in [-0.4, -0.2) is 47.6 Å². The minimum Gasteiger partial charge on any atom is -0.504 e. The lowest BCUT2D eigenvalue weighted by atomic mass is 9.53. The van der Waals surface area contributed by atoms with E-state index in [0.717, 1.165) is 33.5 Å². The van der Waals surface area contributed by atoms with Crippen LogP contribution in [0, 0.1) is 5.92 Å². The predicted molar refractivity (Wildman–Crippen MR) is 123 cm³/mol. The van der Waals surface area contributed by atoms with Gasteiger partial charge in [0, 0.05) is 38.7 Å². The first-order chi connectivity index (χ1) is 14.9. The van der Waals surface area contributed by atoms with E-state index in [0.29, 0.717) is 5.76 Å². The van der Waals surface area contributed by atoms with Crippen LogP contribution in [-0.2, 0) is 14.9 Å². The maximum Gasteiger partial charge on any atom is 0.197 e. The lowest BCUT2D eigenvalue weighted by Gasteiger charge is -2.58. The molecule has 1 aliphatic heterocycles. The van der Waals surface area contributed by atoms with Gasteiger partial charge in [-0.05, 0) is 62.0 Å². The Balaban J connectivity index is 1.74. The Kier molecular flexibility index (Phi) is 5.11. The van der Waals surface area contributed by atoms with Gasteiger partial charge in [0.25, 0.3) is 0 Å². The number of piperidine rings is 1. The van der Waals surface area contributed by atoms with Crippen LogP contribution in [0.4, 0.5) is 0 Å². The van der Waals surface area contributed by atoms with Gasteiger partial charge in [-0.15, -0.1) is 11.8 Å². The number of allylic oxidation sites excluding steroid dienone is 1. The lowest BCUT2D eigenvalue weighted by Crippen LogP contribution is -2.61. The number of benzene rings is 2. The number of rotatable bonds is 3. The zero-order valence-electron chi connectivity index (χ0n) is 17.3. The highest BCUT2D eigenvalue weighted by molar-refractivity contribution is 9.10. The van der Waals surface area contributed by atoms with E-state index in [4.69, 9.17) is 4.74 Å². The van der Waals surface area contributed by atoms with Gasteiger partial charge in [0.05, 0.1) is 12.4 Å². The zero-order valence-corrected chi connectivity index (χ0v) is 19.7. The number of likely N-dealkylation sites (tertiary alicyclic amines) is 1. The highest BCUT2D eigenvalue weighted by Gasteiger charge is 2.59. The summed E-state index contributed by atoms with van der Waals surface area (Å²) in [5, 5.41) is 21.4. The third kappa shape index (κ3) is 3.12. The van der Waals surface area contributed by atoms with Crippen molar-refractivity contribution in [2.45, 2.75) is 34.4 Å². The first-order valence-electron chi connectivity index (χ1n) is 10.3. The highest BCUT2D eigenvalue weighted by atomic mass is 79.9. The second-order valence-corrected chi connectivity index (χ2v) is 10.8. The average molecular weight is 502 g/mol. The normalized spacial score (nSPS) is 29.7. The fraction of sp³-hybridized carbons (Fsp3) is 0.375. The van der Waals surface area contributed by atoms with Gasteiger partial charge in [0.15, 0.2) is 23.0 Å². The molecule has 5 rings (SSSR count). The Bertz CT molecular complexity index is 1090. The van der Waals surface area contributed by atoms with Crippen molar-refractivity contribution in [1.29, 1.82) is 0 Å². The molecule has 0 spiro atoms. The van der Waals surface area contributed by atoms with E-state index in [1.807, 2.05) is 24.3 Å². The van der Waals surface area contributed by atoms with Gasteiger partial charge in [0.1, 0.15) is 0 Å². The summed E-state index contributed by atoms with van der Waals surface area (Å²) in [6.45, 7) is 0.816. The summed E-state index contributed by atoms with van der Waals surface area (Å²) in [5.41, 5.74) is 1.19. The summed E-state index contributed by atoms with van der Waals surface area (Å²) in [7, 11) is 3.67. The van der Waals surface area contributed by atoms with Gasteiger partial charge in [0.2, 0.25) is 0 Å². The molecule has 31 heavy (non-hydrogen) atoms. The van der Waals surface area contributed by atoms with Crippen LogP contribution in [0.2, 0.25) is 0 Å². The van der Waals surface area contributed by atoms with Crippen LogP contribution in [0.15, 0.2) is 57.6 Å². The summed E-state index contributed by atoms with van der Waals surface area (Å²) in [6.07, 6.45) is 2.98. The van der Waals surface area contributed by atoms with Crippen molar-refractivity contribution in [3.63, 3.8) is 0 Å². The van der Waals surface area contributed by atoms with E-state index in [1.54, 1.807) is 17.8 Å². The molecule has 2 bridgehead atoms. The SMILES string of the molecule is COC1=C[C@@H]2[C@@H]3[C@H](Sc4ccc(Br)cc4)c4ccc(O)c(O)c4[C@]2(CCN3C)CC1=O. The number of carbonyl (C=O) groups excluding carboxylic acids is 1. The quantitative estimate of drug-likeness (QED) is 0.590. The smallest absolute Gasteiger partial charge is 0.197 e. The van der Waals surface area contributed by atoms with Crippen LogP contribution < -0.4 is 0 Å². The fourth-order valence-electron chi connectivity index (χ4n) is 5.70. The molecule has 0 amide bonds. The van der Waals surface area contributed by atoms with Gasteiger partial charge in [-0.1, -0.05) is 22.0 Å². The molecule has 2 N–H and O–H groups in total. The average Bonchev–Trinajstić information content (AvgIpc) is 2.75. The number of likely N-dealkylation sites (N-methyl/N-ethyl adjacent to an activating group) is 1.